The van der Waals surface area contributed by atoms with Crippen molar-refractivity contribution in [3.8, 4) is 11.5 Å². The van der Waals surface area contributed by atoms with Crippen LogP contribution in [-0.4, -0.2) is 44.4 Å². The largest absolute Gasteiger partial charge is 0.493 e. The van der Waals surface area contributed by atoms with Gasteiger partial charge in [0.15, 0.2) is 11.5 Å². The summed E-state index contributed by atoms with van der Waals surface area (Å²) in [6.45, 7) is 2.24. The van der Waals surface area contributed by atoms with Crippen molar-refractivity contribution in [2.24, 2.45) is 0 Å². The number of nitrogens with zero attached hydrogens (tertiary/aromatic N) is 1. The molecule has 1 aromatic carbocycles. The Labute approximate surface area is 99.9 Å². The monoisotopic (exact) mass is 237 g/mol. The van der Waals surface area contributed by atoms with Gasteiger partial charge in [-0.2, -0.15) is 0 Å². The summed E-state index contributed by atoms with van der Waals surface area (Å²) in [7, 11) is 1.54. The van der Waals surface area contributed by atoms with E-state index in [1.165, 1.54) is 0 Å². The average molecular weight is 237 g/mol. The zero-order chi connectivity index (χ0) is 12.1. The Morgan fingerprint density at radius 2 is 1.88 bits per heavy atom. The van der Waals surface area contributed by atoms with Crippen LogP contribution in [0.1, 0.15) is 0 Å². The normalized spacial score (nSPS) is 15.5. The van der Waals surface area contributed by atoms with Crippen LogP contribution < -0.4 is 9.47 Å². The smallest absolute Gasteiger partial charge is 0.415 e. The molecular weight excluding hydrogens is 222 g/mol. The molecule has 1 fully saturated rings. The predicted molar refractivity (Wildman–Crippen MR) is 61.4 cm³/mol. The molecule has 0 bridgehead atoms. The van der Waals surface area contributed by atoms with Crippen LogP contribution in [0.25, 0.3) is 0 Å². The molecule has 0 saturated carbocycles. The molecule has 0 atom stereocenters. The SMILES string of the molecule is COc1ccccc1OC(=O)N1CCOCC1. The van der Waals surface area contributed by atoms with Crippen molar-refractivity contribution >= 4 is 6.09 Å². The Hall–Kier alpha value is -1.75. The first-order chi connectivity index (χ1) is 8.31. The topological polar surface area (TPSA) is 48.0 Å². The quantitative estimate of drug-likeness (QED) is 0.782. The van der Waals surface area contributed by atoms with Gasteiger partial charge >= 0.3 is 6.09 Å². The third kappa shape index (κ3) is 2.88. The molecule has 1 heterocycles. The maximum Gasteiger partial charge on any atom is 0.415 e. The van der Waals surface area contributed by atoms with E-state index in [9.17, 15) is 4.79 Å². The number of ether oxygens (including phenoxy) is 3. The standard InChI is InChI=1S/C12H15NO4/c1-15-10-4-2-3-5-11(10)17-12(14)13-6-8-16-9-7-13/h2-5H,6-9H2,1H3. The van der Waals surface area contributed by atoms with Crippen LogP contribution in [0, 0.1) is 0 Å². The molecule has 5 heteroatoms. The van der Waals surface area contributed by atoms with E-state index in [0.717, 1.165) is 0 Å². The lowest BCUT2D eigenvalue weighted by Crippen LogP contribution is -2.42. The first-order valence-electron chi connectivity index (χ1n) is 5.49. The Morgan fingerprint density at radius 1 is 1.24 bits per heavy atom. The second-order valence-electron chi connectivity index (χ2n) is 3.62. The van der Waals surface area contributed by atoms with E-state index in [1.54, 1.807) is 30.2 Å². The van der Waals surface area contributed by atoms with Gasteiger partial charge in [0.05, 0.1) is 20.3 Å². The fourth-order valence-corrected chi connectivity index (χ4v) is 1.61. The van der Waals surface area contributed by atoms with Crippen molar-refractivity contribution in [3.63, 3.8) is 0 Å². The molecule has 17 heavy (non-hydrogen) atoms. The van der Waals surface area contributed by atoms with Crippen LogP contribution in [-0.2, 0) is 4.74 Å². The lowest BCUT2D eigenvalue weighted by Gasteiger charge is -2.26. The van der Waals surface area contributed by atoms with Gasteiger partial charge in [0, 0.05) is 13.1 Å². The third-order valence-corrected chi connectivity index (χ3v) is 2.54. The number of hydrogen-bond acceptors (Lipinski definition) is 4. The zero-order valence-electron chi connectivity index (χ0n) is 9.72. The number of para-hydroxylation sites is 2. The molecule has 0 aliphatic carbocycles. The maximum atomic E-state index is 11.8. The molecule has 0 N–H and O–H groups in total. The number of carbonyl (C=O) groups excluding carboxylic acids is 1. The van der Waals surface area contributed by atoms with Crippen molar-refractivity contribution in [2.45, 2.75) is 0 Å². The summed E-state index contributed by atoms with van der Waals surface area (Å²) in [5, 5.41) is 0. The molecule has 1 saturated heterocycles. The van der Waals surface area contributed by atoms with Gasteiger partial charge in [-0.05, 0) is 12.1 Å². The van der Waals surface area contributed by atoms with E-state index < -0.39 is 0 Å². The Bertz CT molecular complexity index is 388. The second-order valence-corrected chi connectivity index (χ2v) is 3.62. The molecule has 1 aromatic rings. The fourth-order valence-electron chi connectivity index (χ4n) is 1.61. The van der Waals surface area contributed by atoms with Crippen molar-refractivity contribution in [3.05, 3.63) is 24.3 Å². The predicted octanol–water partition coefficient (Wildman–Crippen LogP) is 1.53. The van der Waals surface area contributed by atoms with Crippen LogP contribution in [0.3, 0.4) is 0 Å². The van der Waals surface area contributed by atoms with Crippen LogP contribution in [0.4, 0.5) is 4.79 Å². The van der Waals surface area contributed by atoms with Gasteiger partial charge in [-0.25, -0.2) is 4.79 Å². The highest BCUT2D eigenvalue weighted by Gasteiger charge is 2.19. The Kier molecular flexibility index (Phi) is 3.82. The number of morpholine rings is 1. The van der Waals surface area contributed by atoms with E-state index in [2.05, 4.69) is 0 Å². The molecule has 5 nitrogen and oxygen atoms in total. The summed E-state index contributed by atoms with van der Waals surface area (Å²) in [5.41, 5.74) is 0. The maximum absolute atomic E-state index is 11.8. The van der Waals surface area contributed by atoms with Gasteiger partial charge in [0.2, 0.25) is 0 Å². The van der Waals surface area contributed by atoms with Gasteiger partial charge < -0.3 is 19.1 Å². The summed E-state index contributed by atoms with van der Waals surface area (Å²) in [6, 6.07) is 7.08. The van der Waals surface area contributed by atoms with Crippen molar-refractivity contribution in [2.75, 3.05) is 33.4 Å². The lowest BCUT2D eigenvalue weighted by atomic mass is 10.3. The average Bonchev–Trinajstić information content (AvgIpc) is 2.40. The van der Waals surface area contributed by atoms with E-state index in [0.29, 0.717) is 37.8 Å². The van der Waals surface area contributed by atoms with E-state index >= 15 is 0 Å². The van der Waals surface area contributed by atoms with Crippen LogP contribution >= 0.6 is 0 Å². The molecular formula is C12H15NO4. The van der Waals surface area contributed by atoms with Gasteiger partial charge in [0.1, 0.15) is 0 Å². The summed E-state index contributed by atoms with van der Waals surface area (Å²) in [5.74, 6) is 0.987. The number of benzene rings is 1. The number of hydrogen-bond donors (Lipinski definition) is 0. The first kappa shape index (κ1) is 11.7. The molecule has 0 unspecified atom stereocenters. The minimum absolute atomic E-state index is 0.363. The molecule has 0 aromatic heterocycles. The molecule has 92 valence electrons. The summed E-state index contributed by atoms with van der Waals surface area (Å²) in [4.78, 5) is 13.4. The lowest BCUT2D eigenvalue weighted by molar-refractivity contribution is 0.0413. The zero-order valence-corrected chi connectivity index (χ0v) is 9.72. The van der Waals surface area contributed by atoms with Crippen molar-refractivity contribution in [1.82, 2.24) is 4.90 Å². The second kappa shape index (κ2) is 5.54. The molecule has 1 aliphatic heterocycles. The molecule has 0 radical (unpaired) electrons. The summed E-state index contributed by atoms with van der Waals surface area (Å²) >= 11 is 0. The Balaban J connectivity index is 2.01. The summed E-state index contributed by atoms with van der Waals surface area (Å²) in [6.07, 6.45) is -0.363. The Morgan fingerprint density at radius 3 is 2.53 bits per heavy atom. The highest BCUT2D eigenvalue weighted by atomic mass is 16.6. The van der Waals surface area contributed by atoms with Gasteiger partial charge in [-0.3, -0.25) is 0 Å². The van der Waals surface area contributed by atoms with Crippen LogP contribution in [0.5, 0.6) is 11.5 Å². The van der Waals surface area contributed by atoms with Gasteiger partial charge in [-0.1, -0.05) is 12.1 Å². The van der Waals surface area contributed by atoms with Gasteiger partial charge in [-0.15, -0.1) is 0 Å². The molecule has 0 spiro atoms. The van der Waals surface area contributed by atoms with Crippen molar-refractivity contribution in [1.29, 1.82) is 0 Å². The van der Waals surface area contributed by atoms with Crippen molar-refractivity contribution < 1.29 is 19.0 Å². The highest BCUT2D eigenvalue weighted by molar-refractivity contribution is 5.71. The minimum atomic E-state index is -0.363. The van der Waals surface area contributed by atoms with Gasteiger partial charge in [0.25, 0.3) is 0 Å². The van der Waals surface area contributed by atoms with E-state index in [4.69, 9.17) is 14.2 Å². The van der Waals surface area contributed by atoms with E-state index in [-0.39, 0.29) is 6.09 Å². The molecule has 1 aliphatic rings. The molecule has 2 rings (SSSR count). The summed E-state index contributed by atoms with van der Waals surface area (Å²) < 4.78 is 15.6. The van der Waals surface area contributed by atoms with E-state index in [1.807, 2.05) is 6.07 Å². The fraction of sp³-hybridized carbons (Fsp3) is 0.417. The van der Waals surface area contributed by atoms with Crippen LogP contribution in [0.2, 0.25) is 0 Å². The number of amides is 1. The number of rotatable bonds is 2. The minimum Gasteiger partial charge on any atom is -0.493 e. The number of carbonyl (C=O) groups is 1. The van der Waals surface area contributed by atoms with Crippen LogP contribution in [0.15, 0.2) is 24.3 Å². The first-order valence-corrected chi connectivity index (χ1v) is 5.49. The highest BCUT2D eigenvalue weighted by Crippen LogP contribution is 2.26. The number of methoxy groups -OCH3 is 1. The third-order valence-electron chi connectivity index (χ3n) is 2.54. The molecule has 1 amide bonds.